The average molecular weight is 444 g/mol. The predicted octanol–water partition coefficient (Wildman–Crippen LogP) is 5.37. The van der Waals surface area contributed by atoms with Gasteiger partial charge in [0, 0.05) is 18.5 Å². The fourth-order valence-corrected chi connectivity index (χ4v) is 3.87. The van der Waals surface area contributed by atoms with Gasteiger partial charge in [-0.2, -0.15) is 0 Å². The molecule has 0 bridgehead atoms. The van der Waals surface area contributed by atoms with Gasteiger partial charge < -0.3 is 24.0 Å². The Morgan fingerprint density at radius 1 is 0.909 bits per heavy atom. The molecule has 0 saturated carbocycles. The van der Waals surface area contributed by atoms with Crippen LogP contribution >= 0.6 is 0 Å². The van der Waals surface area contributed by atoms with Gasteiger partial charge in [-0.1, -0.05) is 24.3 Å². The van der Waals surface area contributed by atoms with Crippen molar-refractivity contribution in [1.82, 2.24) is 4.57 Å². The Hall–Kier alpha value is -4.26. The maximum atomic E-state index is 14.5. The summed E-state index contributed by atoms with van der Waals surface area (Å²) >= 11 is 0. The van der Waals surface area contributed by atoms with Crippen molar-refractivity contribution in [3.8, 4) is 22.9 Å². The highest BCUT2D eigenvalue weighted by atomic mass is 19.1. The van der Waals surface area contributed by atoms with E-state index in [2.05, 4.69) is 4.90 Å². The maximum Gasteiger partial charge on any atom is 0.337 e. The van der Waals surface area contributed by atoms with Crippen LogP contribution in [-0.4, -0.2) is 34.8 Å². The lowest BCUT2D eigenvalue weighted by atomic mass is 10.1. The van der Waals surface area contributed by atoms with Gasteiger partial charge in [-0.25, -0.2) is 9.18 Å². The zero-order valence-electron chi connectivity index (χ0n) is 17.6. The summed E-state index contributed by atoms with van der Waals surface area (Å²) in [6.07, 6.45) is 3.50. The Morgan fingerprint density at radius 2 is 1.67 bits per heavy atom. The normalized spacial score (nSPS) is 13.4. The summed E-state index contributed by atoms with van der Waals surface area (Å²) in [4.78, 5) is 13.8. The van der Waals surface area contributed by atoms with Crippen molar-refractivity contribution in [1.29, 1.82) is 0 Å². The highest BCUT2D eigenvalue weighted by molar-refractivity contribution is 5.95. The second kappa shape index (κ2) is 8.70. The number of ether oxygens (including phenoxy) is 2. The molecule has 7 heteroatoms. The van der Waals surface area contributed by atoms with Gasteiger partial charge in [0.05, 0.1) is 30.0 Å². The number of aromatic carboxylic acids is 1. The summed E-state index contributed by atoms with van der Waals surface area (Å²) in [6.45, 7) is 1.11. The van der Waals surface area contributed by atoms with E-state index < -0.39 is 11.8 Å². The molecule has 1 aliphatic rings. The third-order valence-electron chi connectivity index (χ3n) is 5.47. The second-order valence-corrected chi connectivity index (χ2v) is 7.72. The van der Waals surface area contributed by atoms with Gasteiger partial charge >= 0.3 is 5.97 Å². The van der Waals surface area contributed by atoms with E-state index in [0.717, 1.165) is 5.69 Å². The number of halogens is 1. The SMILES string of the molecule is O=C(O)c1cccc(N2CC(Oc3ccc(Oc4ccccc4)c(F)c3)C2)c1-n1cccc1. The van der Waals surface area contributed by atoms with Gasteiger partial charge in [-0.15, -0.1) is 0 Å². The maximum absolute atomic E-state index is 14.5. The summed E-state index contributed by atoms with van der Waals surface area (Å²) in [7, 11) is 0. The molecule has 0 unspecified atom stereocenters. The van der Waals surface area contributed by atoms with Crippen molar-refractivity contribution in [3.05, 3.63) is 103 Å². The Kier molecular flexibility index (Phi) is 5.44. The van der Waals surface area contributed by atoms with E-state index in [9.17, 15) is 14.3 Å². The molecule has 2 heterocycles. The van der Waals surface area contributed by atoms with Crippen LogP contribution < -0.4 is 14.4 Å². The van der Waals surface area contributed by atoms with Crippen molar-refractivity contribution in [2.45, 2.75) is 6.10 Å². The minimum atomic E-state index is -0.984. The van der Waals surface area contributed by atoms with Crippen LogP contribution in [0.15, 0.2) is 91.3 Å². The molecular weight excluding hydrogens is 423 g/mol. The van der Waals surface area contributed by atoms with Crippen molar-refractivity contribution in [2.24, 2.45) is 0 Å². The summed E-state index contributed by atoms with van der Waals surface area (Å²) in [5.41, 5.74) is 1.65. The number of carboxylic acids is 1. The minimum Gasteiger partial charge on any atom is -0.487 e. The van der Waals surface area contributed by atoms with Crippen LogP contribution in [-0.2, 0) is 0 Å². The topological polar surface area (TPSA) is 63.9 Å². The van der Waals surface area contributed by atoms with Crippen molar-refractivity contribution in [2.75, 3.05) is 18.0 Å². The molecule has 0 amide bonds. The highest BCUT2D eigenvalue weighted by Gasteiger charge is 2.32. The molecule has 1 N–H and O–H groups in total. The van der Waals surface area contributed by atoms with E-state index in [1.807, 2.05) is 48.8 Å². The lowest BCUT2D eigenvalue weighted by molar-refractivity contribution is 0.0697. The van der Waals surface area contributed by atoms with E-state index in [0.29, 0.717) is 30.3 Å². The lowest BCUT2D eigenvalue weighted by Crippen LogP contribution is -2.54. The van der Waals surface area contributed by atoms with E-state index in [4.69, 9.17) is 9.47 Å². The predicted molar refractivity (Wildman–Crippen MR) is 122 cm³/mol. The number of hydrogen-bond acceptors (Lipinski definition) is 4. The van der Waals surface area contributed by atoms with Crippen molar-refractivity contribution < 1.29 is 23.8 Å². The molecule has 1 fully saturated rings. The van der Waals surface area contributed by atoms with Crippen LogP contribution in [0.1, 0.15) is 10.4 Å². The monoisotopic (exact) mass is 444 g/mol. The van der Waals surface area contributed by atoms with Crippen LogP contribution in [0.3, 0.4) is 0 Å². The number of rotatable bonds is 7. The molecule has 33 heavy (non-hydrogen) atoms. The average Bonchev–Trinajstić information content (AvgIpc) is 3.32. The second-order valence-electron chi connectivity index (χ2n) is 7.72. The Balaban J connectivity index is 1.28. The Morgan fingerprint density at radius 3 is 2.36 bits per heavy atom. The number of benzene rings is 3. The summed E-state index contributed by atoms with van der Waals surface area (Å²) < 4.78 is 27.8. The first-order chi connectivity index (χ1) is 16.1. The molecule has 6 nitrogen and oxygen atoms in total. The molecule has 0 atom stereocenters. The van der Waals surface area contributed by atoms with E-state index >= 15 is 0 Å². The Bertz CT molecular complexity index is 1270. The van der Waals surface area contributed by atoms with Gasteiger partial charge in [0.25, 0.3) is 0 Å². The smallest absolute Gasteiger partial charge is 0.337 e. The number of anilines is 1. The third-order valence-corrected chi connectivity index (χ3v) is 5.47. The summed E-state index contributed by atoms with van der Waals surface area (Å²) in [6, 6.07) is 22.5. The molecule has 166 valence electrons. The van der Waals surface area contributed by atoms with Crippen LogP contribution in [0.5, 0.6) is 17.2 Å². The molecule has 0 aliphatic carbocycles. The zero-order chi connectivity index (χ0) is 22.8. The number of aromatic nitrogens is 1. The van der Waals surface area contributed by atoms with Crippen LogP contribution in [0.25, 0.3) is 5.69 Å². The first kappa shape index (κ1) is 20.6. The first-order valence-corrected chi connectivity index (χ1v) is 10.5. The molecule has 1 aromatic heterocycles. The van der Waals surface area contributed by atoms with E-state index in [-0.39, 0.29) is 17.4 Å². The largest absolute Gasteiger partial charge is 0.487 e. The molecule has 3 aromatic carbocycles. The first-order valence-electron chi connectivity index (χ1n) is 10.5. The van der Waals surface area contributed by atoms with Gasteiger partial charge in [0.2, 0.25) is 0 Å². The summed E-state index contributed by atoms with van der Waals surface area (Å²) in [5, 5.41) is 9.65. The highest BCUT2D eigenvalue weighted by Crippen LogP contribution is 2.33. The molecule has 0 radical (unpaired) electrons. The Labute approximate surface area is 190 Å². The van der Waals surface area contributed by atoms with Gasteiger partial charge in [0.1, 0.15) is 17.6 Å². The fraction of sp³-hybridized carbons (Fsp3) is 0.115. The van der Waals surface area contributed by atoms with Crippen molar-refractivity contribution in [3.63, 3.8) is 0 Å². The third kappa shape index (κ3) is 4.25. The van der Waals surface area contributed by atoms with Crippen LogP contribution in [0.4, 0.5) is 10.1 Å². The number of para-hydroxylation sites is 2. The summed E-state index contributed by atoms with van der Waals surface area (Å²) in [5.74, 6) is -0.381. The van der Waals surface area contributed by atoms with E-state index in [1.54, 1.807) is 41.0 Å². The molecule has 1 aliphatic heterocycles. The zero-order valence-corrected chi connectivity index (χ0v) is 17.6. The van der Waals surface area contributed by atoms with Gasteiger partial charge in [0.15, 0.2) is 11.6 Å². The molecule has 5 rings (SSSR count). The fourth-order valence-electron chi connectivity index (χ4n) is 3.87. The lowest BCUT2D eigenvalue weighted by Gasteiger charge is -2.41. The number of carbonyl (C=O) groups is 1. The minimum absolute atomic E-state index is 0.130. The quantitative estimate of drug-likeness (QED) is 0.415. The van der Waals surface area contributed by atoms with Crippen molar-refractivity contribution >= 4 is 11.7 Å². The number of carboxylic acid groups (broad SMARTS) is 1. The molecular formula is C26H21FN2O4. The molecule has 0 spiro atoms. The van der Waals surface area contributed by atoms with Crippen LogP contribution in [0, 0.1) is 5.82 Å². The number of hydrogen-bond donors (Lipinski definition) is 1. The van der Waals surface area contributed by atoms with Gasteiger partial charge in [-0.3, -0.25) is 0 Å². The van der Waals surface area contributed by atoms with Gasteiger partial charge in [-0.05, 0) is 48.5 Å². The molecule has 4 aromatic rings. The van der Waals surface area contributed by atoms with Crippen LogP contribution in [0.2, 0.25) is 0 Å². The number of nitrogens with zero attached hydrogens (tertiary/aromatic N) is 2. The standard InChI is InChI=1S/C26H21FN2O4/c27-22-15-19(11-12-24(22)33-18-7-2-1-3-8-18)32-20-16-29(17-20)23-10-6-9-21(26(30)31)25(23)28-13-4-5-14-28/h1-15,20H,16-17H2,(H,30,31). The molecule has 1 saturated heterocycles. The van der Waals surface area contributed by atoms with E-state index in [1.165, 1.54) is 6.07 Å².